The molecule has 1 aromatic heterocycles. The molecular formula is C30H32N4O3. The fraction of sp³-hybridized carbons (Fsp3) is 0.267. The summed E-state index contributed by atoms with van der Waals surface area (Å²) in [4.78, 5) is 18.1. The number of benzene rings is 3. The maximum absolute atomic E-state index is 13.9. The number of carbonyl (C=O) groups excluding carboxylic acids is 1. The summed E-state index contributed by atoms with van der Waals surface area (Å²) >= 11 is 0. The molecule has 3 aromatic carbocycles. The molecule has 1 aliphatic rings. The summed E-state index contributed by atoms with van der Waals surface area (Å²) in [5.41, 5.74) is 6.49. The van der Waals surface area contributed by atoms with E-state index in [-0.39, 0.29) is 5.91 Å². The normalized spacial score (nSPS) is 13.5. The number of anilines is 1. The minimum absolute atomic E-state index is 0.0115. The predicted molar refractivity (Wildman–Crippen MR) is 146 cm³/mol. The molecule has 1 fully saturated rings. The molecule has 1 aliphatic heterocycles. The SMILES string of the molecule is COc1ccc(-c2cc(C(=O)N3CCN(c4ccc(OC)cc4)CC3)n(-c3cc(C)ccc3C)n2)cc1. The van der Waals surface area contributed by atoms with Crippen LogP contribution in [0.2, 0.25) is 0 Å². The van der Waals surface area contributed by atoms with Gasteiger partial charge in [-0.1, -0.05) is 12.1 Å². The number of hydrogen-bond acceptors (Lipinski definition) is 5. The Hall–Kier alpha value is -4.26. The molecule has 2 heterocycles. The second-order valence-corrected chi connectivity index (χ2v) is 9.32. The van der Waals surface area contributed by atoms with E-state index in [9.17, 15) is 4.79 Å². The van der Waals surface area contributed by atoms with Crippen molar-refractivity contribution in [3.63, 3.8) is 0 Å². The fourth-order valence-corrected chi connectivity index (χ4v) is 4.69. The minimum atomic E-state index is -0.0115. The van der Waals surface area contributed by atoms with Gasteiger partial charge in [0.15, 0.2) is 0 Å². The predicted octanol–water partition coefficient (Wildman–Crippen LogP) is 5.14. The first-order chi connectivity index (χ1) is 18.0. The van der Waals surface area contributed by atoms with Crippen LogP contribution in [0.5, 0.6) is 11.5 Å². The van der Waals surface area contributed by atoms with Crippen molar-refractivity contribution in [2.24, 2.45) is 0 Å². The van der Waals surface area contributed by atoms with Gasteiger partial charge in [-0.25, -0.2) is 4.68 Å². The first-order valence-corrected chi connectivity index (χ1v) is 12.5. The lowest BCUT2D eigenvalue weighted by molar-refractivity contribution is 0.0737. The Labute approximate surface area is 217 Å². The van der Waals surface area contributed by atoms with E-state index < -0.39 is 0 Å². The number of aryl methyl sites for hydroxylation is 2. The average Bonchev–Trinajstić information content (AvgIpc) is 3.39. The Kier molecular flexibility index (Phi) is 6.86. The van der Waals surface area contributed by atoms with Crippen molar-refractivity contribution in [2.45, 2.75) is 13.8 Å². The van der Waals surface area contributed by atoms with E-state index in [1.54, 1.807) is 18.9 Å². The lowest BCUT2D eigenvalue weighted by atomic mass is 10.1. The van der Waals surface area contributed by atoms with E-state index in [0.29, 0.717) is 18.8 Å². The maximum atomic E-state index is 13.9. The van der Waals surface area contributed by atoms with Gasteiger partial charge in [0.05, 0.1) is 25.6 Å². The molecule has 5 rings (SSSR count). The number of piperazine rings is 1. The van der Waals surface area contributed by atoms with Gasteiger partial charge in [-0.15, -0.1) is 0 Å². The van der Waals surface area contributed by atoms with Crippen molar-refractivity contribution in [3.05, 3.63) is 89.6 Å². The number of rotatable bonds is 6. The molecule has 7 heteroatoms. The molecule has 0 spiro atoms. The van der Waals surface area contributed by atoms with E-state index >= 15 is 0 Å². The highest BCUT2D eigenvalue weighted by Gasteiger charge is 2.27. The van der Waals surface area contributed by atoms with Crippen LogP contribution < -0.4 is 14.4 Å². The number of ether oxygens (including phenoxy) is 2. The molecule has 1 saturated heterocycles. The van der Waals surface area contributed by atoms with E-state index in [0.717, 1.165) is 58.3 Å². The van der Waals surface area contributed by atoms with Crippen molar-refractivity contribution >= 4 is 11.6 Å². The zero-order chi connectivity index (χ0) is 25.9. The van der Waals surface area contributed by atoms with Gasteiger partial charge in [-0.3, -0.25) is 4.79 Å². The molecule has 0 N–H and O–H groups in total. The summed E-state index contributed by atoms with van der Waals surface area (Å²) in [5.74, 6) is 1.61. The average molecular weight is 497 g/mol. The standard InChI is InChI=1S/C30H32N4O3/c1-21-5-6-22(2)28(19-21)34-29(20-27(31-34)23-7-11-25(36-3)12-8-23)30(35)33-17-15-32(16-18-33)24-9-13-26(37-4)14-10-24/h5-14,19-20H,15-18H2,1-4H3. The molecule has 4 aromatic rings. The van der Waals surface area contributed by atoms with Crippen molar-refractivity contribution < 1.29 is 14.3 Å². The monoisotopic (exact) mass is 496 g/mol. The quantitative estimate of drug-likeness (QED) is 0.370. The molecule has 7 nitrogen and oxygen atoms in total. The van der Waals surface area contributed by atoms with Crippen LogP contribution in [0.25, 0.3) is 16.9 Å². The Balaban J connectivity index is 1.43. The molecule has 1 amide bonds. The Morgan fingerprint density at radius 1 is 0.784 bits per heavy atom. The molecule has 0 saturated carbocycles. The minimum Gasteiger partial charge on any atom is -0.497 e. The molecule has 0 atom stereocenters. The number of methoxy groups -OCH3 is 2. The number of aromatic nitrogens is 2. The highest BCUT2D eigenvalue weighted by Crippen LogP contribution is 2.27. The van der Waals surface area contributed by atoms with Crippen LogP contribution >= 0.6 is 0 Å². The van der Waals surface area contributed by atoms with Gasteiger partial charge in [-0.05, 0) is 85.6 Å². The molecule has 0 bridgehead atoms. The van der Waals surface area contributed by atoms with Crippen LogP contribution in [0, 0.1) is 13.8 Å². The summed E-state index contributed by atoms with van der Waals surface area (Å²) in [6.07, 6.45) is 0. The summed E-state index contributed by atoms with van der Waals surface area (Å²) in [6.45, 7) is 6.91. The summed E-state index contributed by atoms with van der Waals surface area (Å²) in [7, 11) is 3.32. The number of nitrogens with zero attached hydrogens (tertiary/aromatic N) is 4. The zero-order valence-corrected chi connectivity index (χ0v) is 21.8. The molecule has 0 unspecified atom stereocenters. The van der Waals surface area contributed by atoms with Crippen LogP contribution in [0.1, 0.15) is 21.6 Å². The molecule has 190 valence electrons. The highest BCUT2D eigenvalue weighted by molar-refractivity contribution is 5.94. The summed E-state index contributed by atoms with van der Waals surface area (Å²) in [6, 6.07) is 24.0. The van der Waals surface area contributed by atoms with Crippen LogP contribution in [0.4, 0.5) is 5.69 Å². The van der Waals surface area contributed by atoms with E-state index in [1.807, 2.05) is 54.3 Å². The van der Waals surface area contributed by atoms with Crippen molar-refractivity contribution in [2.75, 3.05) is 45.3 Å². The van der Waals surface area contributed by atoms with E-state index in [2.05, 4.69) is 42.2 Å². The van der Waals surface area contributed by atoms with E-state index in [1.165, 1.54) is 0 Å². The highest BCUT2D eigenvalue weighted by atomic mass is 16.5. The molecular weight excluding hydrogens is 464 g/mol. The Bertz CT molecular complexity index is 1390. The largest absolute Gasteiger partial charge is 0.497 e. The maximum Gasteiger partial charge on any atom is 0.272 e. The third kappa shape index (κ3) is 5.03. The van der Waals surface area contributed by atoms with Crippen molar-refractivity contribution in [1.82, 2.24) is 14.7 Å². The first kappa shape index (κ1) is 24.4. The molecule has 0 aliphatic carbocycles. The van der Waals surface area contributed by atoms with E-state index in [4.69, 9.17) is 14.6 Å². The van der Waals surface area contributed by atoms with Gasteiger partial charge in [0.25, 0.3) is 5.91 Å². The molecule has 0 radical (unpaired) electrons. The van der Waals surface area contributed by atoms with Crippen molar-refractivity contribution in [1.29, 1.82) is 0 Å². The van der Waals surface area contributed by atoms with Gasteiger partial charge in [0.1, 0.15) is 17.2 Å². The van der Waals surface area contributed by atoms with Crippen LogP contribution in [0.15, 0.2) is 72.8 Å². The lowest BCUT2D eigenvalue weighted by Gasteiger charge is -2.36. The first-order valence-electron chi connectivity index (χ1n) is 12.5. The van der Waals surface area contributed by atoms with Crippen LogP contribution in [0.3, 0.4) is 0 Å². The summed E-state index contributed by atoms with van der Waals surface area (Å²) < 4.78 is 12.4. The number of carbonyl (C=O) groups is 1. The number of amides is 1. The van der Waals surface area contributed by atoms with Gasteiger partial charge in [0.2, 0.25) is 0 Å². The second-order valence-electron chi connectivity index (χ2n) is 9.32. The topological polar surface area (TPSA) is 59.8 Å². The van der Waals surface area contributed by atoms with Crippen LogP contribution in [-0.4, -0.2) is 61.0 Å². The third-order valence-corrected chi connectivity index (χ3v) is 6.91. The zero-order valence-electron chi connectivity index (χ0n) is 21.8. The second kappa shape index (κ2) is 10.4. The number of hydrogen-bond donors (Lipinski definition) is 0. The third-order valence-electron chi connectivity index (χ3n) is 6.91. The Morgan fingerprint density at radius 3 is 2.03 bits per heavy atom. The molecule has 37 heavy (non-hydrogen) atoms. The van der Waals surface area contributed by atoms with Crippen LogP contribution in [-0.2, 0) is 0 Å². The summed E-state index contributed by atoms with van der Waals surface area (Å²) in [5, 5.41) is 4.91. The van der Waals surface area contributed by atoms with Gasteiger partial charge in [-0.2, -0.15) is 5.10 Å². The van der Waals surface area contributed by atoms with Gasteiger partial charge < -0.3 is 19.3 Å². The smallest absolute Gasteiger partial charge is 0.272 e. The fourth-order valence-electron chi connectivity index (χ4n) is 4.69. The van der Waals surface area contributed by atoms with Gasteiger partial charge >= 0.3 is 0 Å². The Morgan fingerprint density at radius 2 is 1.41 bits per heavy atom. The van der Waals surface area contributed by atoms with Gasteiger partial charge in [0, 0.05) is 37.4 Å². The lowest BCUT2D eigenvalue weighted by Crippen LogP contribution is -2.49. The van der Waals surface area contributed by atoms with Crippen molar-refractivity contribution in [3.8, 4) is 28.4 Å².